The van der Waals surface area contributed by atoms with Gasteiger partial charge in [0, 0.05) is 13.1 Å². The third-order valence-corrected chi connectivity index (χ3v) is 4.70. The molecule has 1 saturated heterocycles. The molecule has 0 radical (unpaired) electrons. The van der Waals surface area contributed by atoms with Crippen LogP contribution in [0.5, 0.6) is 0 Å². The van der Waals surface area contributed by atoms with Crippen LogP contribution in [0.3, 0.4) is 0 Å². The third-order valence-electron chi connectivity index (χ3n) is 3.60. The Morgan fingerprint density at radius 1 is 1.15 bits per heavy atom. The van der Waals surface area contributed by atoms with Gasteiger partial charge in [0.25, 0.3) is 0 Å². The highest BCUT2D eigenvalue weighted by Gasteiger charge is 2.40. The summed E-state index contributed by atoms with van der Waals surface area (Å²) in [4.78, 5) is 29.3. The minimum Gasteiger partial charge on any atom is -0.369 e. The molecule has 1 aliphatic rings. The molecule has 104 valence electrons. The van der Waals surface area contributed by atoms with Gasteiger partial charge in [-0.05, 0) is 12.1 Å². The fourth-order valence-corrected chi connectivity index (χ4v) is 3.52. The lowest BCUT2D eigenvalue weighted by Crippen LogP contribution is -2.36. The first-order valence-corrected chi connectivity index (χ1v) is 7.07. The molecule has 3 rings (SSSR count). The SMILES string of the molecule is NC(=O)C1CN(c2nc3ccccc3s2)CC1C(N)=O. The van der Waals surface area contributed by atoms with E-state index in [2.05, 4.69) is 4.98 Å². The van der Waals surface area contributed by atoms with E-state index >= 15 is 0 Å². The molecular weight excluding hydrogens is 276 g/mol. The molecule has 0 bridgehead atoms. The number of hydrogen-bond acceptors (Lipinski definition) is 5. The lowest BCUT2D eigenvalue weighted by molar-refractivity contribution is -0.129. The fraction of sp³-hybridized carbons (Fsp3) is 0.308. The number of amides is 2. The van der Waals surface area contributed by atoms with Gasteiger partial charge in [-0.2, -0.15) is 0 Å². The van der Waals surface area contributed by atoms with E-state index in [1.54, 1.807) is 0 Å². The largest absolute Gasteiger partial charge is 0.369 e. The van der Waals surface area contributed by atoms with Crippen molar-refractivity contribution in [1.29, 1.82) is 0 Å². The van der Waals surface area contributed by atoms with Gasteiger partial charge in [0.05, 0.1) is 22.1 Å². The predicted molar refractivity (Wildman–Crippen MR) is 77.2 cm³/mol. The van der Waals surface area contributed by atoms with Gasteiger partial charge in [0.1, 0.15) is 0 Å². The number of hydrogen-bond donors (Lipinski definition) is 2. The molecule has 1 aromatic carbocycles. The monoisotopic (exact) mass is 290 g/mol. The summed E-state index contributed by atoms with van der Waals surface area (Å²) in [6.45, 7) is 0.783. The number of primary amides is 2. The van der Waals surface area contributed by atoms with Gasteiger partial charge in [0.15, 0.2) is 5.13 Å². The highest BCUT2D eigenvalue weighted by Crippen LogP contribution is 2.33. The van der Waals surface area contributed by atoms with E-state index in [1.165, 1.54) is 11.3 Å². The van der Waals surface area contributed by atoms with Crippen LogP contribution in [0.15, 0.2) is 24.3 Å². The average Bonchev–Trinajstić information content (AvgIpc) is 3.02. The summed E-state index contributed by atoms with van der Waals surface area (Å²) in [6.07, 6.45) is 0. The number of fused-ring (bicyclic) bond motifs is 1. The second-order valence-electron chi connectivity index (χ2n) is 4.89. The first-order chi connectivity index (χ1) is 9.56. The maximum absolute atomic E-state index is 11.4. The molecule has 0 spiro atoms. The first-order valence-electron chi connectivity index (χ1n) is 6.25. The van der Waals surface area contributed by atoms with Crippen LogP contribution in [0.1, 0.15) is 0 Å². The van der Waals surface area contributed by atoms with Crippen LogP contribution in [0.2, 0.25) is 0 Å². The standard InChI is InChI=1S/C13H14N4O2S/c14-11(18)7-5-17(6-8(7)12(15)19)13-16-9-3-1-2-4-10(9)20-13/h1-4,7-8H,5-6H2,(H2,14,18)(H2,15,19). The van der Waals surface area contributed by atoms with Gasteiger partial charge in [-0.1, -0.05) is 23.5 Å². The quantitative estimate of drug-likeness (QED) is 0.849. The highest BCUT2D eigenvalue weighted by atomic mass is 32.1. The Bertz CT molecular complexity index is 629. The summed E-state index contributed by atoms with van der Waals surface area (Å²) < 4.78 is 1.07. The Kier molecular flexibility index (Phi) is 3.06. The summed E-state index contributed by atoms with van der Waals surface area (Å²) in [5, 5.41) is 0.793. The number of carbonyl (C=O) groups is 2. The zero-order valence-corrected chi connectivity index (χ0v) is 11.5. The van der Waals surface area contributed by atoms with Gasteiger partial charge in [0.2, 0.25) is 11.8 Å². The van der Waals surface area contributed by atoms with Crippen LogP contribution in [0.4, 0.5) is 5.13 Å². The lowest BCUT2D eigenvalue weighted by Gasteiger charge is -2.13. The van der Waals surface area contributed by atoms with E-state index in [-0.39, 0.29) is 0 Å². The molecule has 0 aliphatic carbocycles. The molecule has 2 atom stereocenters. The second kappa shape index (κ2) is 4.75. The normalized spacial score (nSPS) is 22.3. The molecule has 2 aromatic rings. The summed E-state index contributed by atoms with van der Waals surface area (Å²) in [5.41, 5.74) is 11.6. The fourth-order valence-electron chi connectivity index (χ4n) is 2.53. The topological polar surface area (TPSA) is 102 Å². The Morgan fingerprint density at radius 3 is 2.30 bits per heavy atom. The zero-order valence-electron chi connectivity index (χ0n) is 10.7. The van der Waals surface area contributed by atoms with Crippen LogP contribution >= 0.6 is 11.3 Å². The van der Waals surface area contributed by atoms with Crippen LogP contribution < -0.4 is 16.4 Å². The molecule has 0 saturated carbocycles. The molecule has 1 fully saturated rings. The van der Waals surface area contributed by atoms with Gasteiger partial charge < -0.3 is 16.4 Å². The van der Waals surface area contributed by atoms with E-state index in [0.29, 0.717) is 13.1 Å². The van der Waals surface area contributed by atoms with Crippen molar-refractivity contribution in [3.63, 3.8) is 0 Å². The number of thiazole rings is 1. The number of nitrogens with zero attached hydrogens (tertiary/aromatic N) is 2. The first kappa shape index (κ1) is 12.9. The van der Waals surface area contributed by atoms with E-state index in [4.69, 9.17) is 11.5 Å². The summed E-state index contributed by atoms with van der Waals surface area (Å²) in [7, 11) is 0. The number of carbonyl (C=O) groups excluding carboxylic acids is 2. The summed E-state index contributed by atoms with van der Waals surface area (Å²) >= 11 is 1.53. The van der Waals surface area contributed by atoms with Crippen molar-refractivity contribution < 1.29 is 9.59 Å². The van der Waals surface area contributed by atoms with Crippen molar-refractivity contribution >= 4 is 38.5 Å². The number of anilines is 1. The average molecular weight is 290 g/mol. The molecule has 1 aromatic heterocycles. The zero-order chi connectivity index (χ0) is 14.3. The molecule has 6 nitrogen and oxygen atoms in total. The number of benzene rings is 1. The van der Waals surface area contributed by atoms with Crippen molar-refractivity contribution in [3.8, 4) is 0 Å². The minimum absolute atomic E-state index is 0.392. The van der Waals surface area contributed by atoms with Crippen LogP contribution in [0.25, 0.3) is 10.2 Å². The van der Waals surface area contributed by atoms with Crippen LogP contribution in [-0.2, 0) is 9.59 Å². The predicted octanol–water partition coefficient (Wildman–Crippen LogP) is 0.319. The van der Waals surface area contributed by atoms with Crippen molar-refractivity contribution in [2.75, 3.05) is 18.0 Å². The summed E-state index contributed by atoms with van der Waals surface area (Å²) in [5.74, 6) is -2.06. The highest BCUT2D eigenvalue weighted by molar-refractivity contribution is 7.22. The van der Waals surface area contributed by atoms with Crippen molar-refractivity contribution in [1.82, 2.24) is 4.98 Å². The minimum atomic E-state index is -0.542. The third kappa shape index (κ3) is 2.09. The lowest BCUT2D eigenvalue weighted by atomic mass is 9.95. The van der Waals surface area contributed by atoms with E-state index in [0.717, 1.165) is 15.3 Å². The van der Waals surface area contributed by atoms with E-state index in [1.807, 2.05) is 29.2 Å². The van der Waals surface area contributed by atoms with Crippen LogP contribution in [0, 0.1) is 11.8 Å². The summed E-state index contributed by atoms with van der Waals surface area (Å²) in [6, 6.07) is 7.80. The molecule has 2 heterocycles. The van der Waals surface area contributed by atoms with Crippen molar-refractivity contribution in [2.24, 2.45) is 23.3 Å². The maximum Gasteiger partial charge on any atom is 0.223 e. The number of para-hydroxylation sites is 1. The van der Waals surface area contributed by atoms with Crippen LogP contribution in [-0.4, -0.2) is 29.9 Å². The molecule has 2 amide bonds. The molecule has 7 heteroatoms. The smallest absolute Gasteiger partial charge is 0.223 e. The Labute approximate surface area is 119 Å². The van der Waals surface area contributed by atoms with Gasteiger partial charge >= 0.3 is 0 Å². The molecule has 20 heavy (non-hydrogen) atoms. The number of aromatic nitrogens is 1. The molecular formula is C13H14N4O2S. The molecule has 1 aliphatic heterocycles. The molecule has 2 unspecified atom stereocenters. The van der Waals surface area contributed by atoms with Gasteiger partial charge in [-0.25, -0.2) is 4.98 Å². The second-order valence-corrected chi connectivity index (χ2v) is 5.90. The van der Waals surface area contributed by atoms with Crippen molar-refractivity contribution in [2.45, 2.75) is 0 Å². The van der Waals surface area contributed by atoms with Gasteiger partial charge in [-0.15, -0.1) is 0 Å². The Morgan fingerprint density at radius 2 is 1.75 bits per heavy atom. The van der Waals surface area contributed by atoms with E-state index < -0.39 is 23.7 Å². The maximum atomic E-state index is 11.4. The number of nitrogens with two attached hydrogens (primary N) is 2. The van der Waals surface area contributed by atoms with Gasteiger partial charge in [-0.3, -0.25) is 9.59 Å². The van der Waals surface area contributed by atoms with E-state index in [9.17, 15) is 9.59 Å². The number of rotatable bonds is 3. The Hall–Kier alpha value is -2.15. The van der Waals surface area contributed by atoms with Crippen molar-refractivity contribution in [3.05, 3.63) is 24.3 Å². The molecule has 4 N–H and O–H groups in total. The Balaban J connectivity index is 1.91.